The number of ether oxygens (including phenoxy) is 2. The average Bonchev–Trinajstić information content (AvgIpc) is 3.01. The van der Waals surface area contributed by atoms with Gasteiger partial charge in [-0.05, 0) is 43.6 Å². The topological polar surface area (TPSA) is 52.7 Å². The largest absolute Gasteiger partial charge is 0.497 e. The molecule has 0 saturated carbocycles. The highest BCUT2D eigenvalue weighted by atomic mass is 32.1. The Morgan fingerprint density at radius 1 is 1.28 bits per heavy atom. The van der Waals surface area contributed by atoms with E-state index in [1.165, 1.54) is 19.3 Å². The van der Waals surface area contributed by atoms with Crippen LogP contribution >= 0.6 is 12.2 Å². The Morgan fingerprint density at radius 2 is 2.12 bits per heavy atom. The second-order valence-corrected chi connectivity index (χ2v) is 6.60. The Bertz CT molecular complexity index is 771. The first-order valence-electron chi connectivity index (χ1n) is 8.70. The number of benzene rings is 1. The first-order chi connectivity index (χ1) is 12.2. The number of hydrogen-bond donors (Lipinski definition) is 0. The van der Waals surface area contributed by atoms with E-state index in [9.17, 15) is 0 Å². The van der Waals surface area contributed by atoms with Gasteiger partial charge in [0, 0.05) is 18.7 Å². The van der Waals surface area contributed by atoms with E-state index in [2.05, 4.69) is 16.9 Å². The van der Waals surface area contributed by atoms with Crippen LogP contribution in [0.2, 0.25) is 0 Å². The summed E-state index contributed by atoms with van der Waals surface area (Å²) in [7, 11) is 3.24. The number of likely N-dealkylation sites (tertiary alicyclic amines) is 1. The molecule has 0 spiro atoms. The maximum atomic E-state index is 5.75. The minimum atomic E-state index is 0.383. The number of aromatic nitrogens is 2. The van der Waals surface area contributed by atoms with Gasteiger partial charge in [-0.25, -0.2) is 4.68 Å². The van der Waals surface area contributed by atoms with E-state index >= 15 is 0 Å². The van der Waals surface area contributed by atoms with Crippen LogP contribution in [0.1, 0.15) is 32.6 Å². The van der Waals surface area contributed by atoms with Crippen molar-refractivity contribution in [1.82, 2.24) is 14.7 Å². The summed E-state index contributed by atoms with van der Waals surface area (Å²) in [4.78, 5) is 2.82. The van der Waals surface area contributed by atoms with E-state index in [4.69, 9.17) is 26.1 Å². The lowest BCUT2D eigenvalue weighted by Crippen LogP contribution is -2.40. The van der Waals surface area contributed by atoms with Gasteiger partial charge in [-0.1, -0.05) is 13.3 Å². The van der Waals surface area contributed by atoms with Crippen molar-refractivity contribution in [3.8, 4) is 23.0 Å². The third-order valence-corrected chi connectivity index (χ3v) is 5.08. The zero-order valence-corrected chi connectivity index (χ0v) is 15.8. The summed E-state index contributed by atoms with van der Waals surface area (Å²) in [5.74, 6) is 1.83. The highest BCUT2D eigenvalue weighted by Gasteiger charge is 2.22. The van der Waals surface area contributed by atoms with Crippen molar-refractivity contribution in [1.29, 1.82) is 0 Å². The van der Waals surface area contributed by atoms with Crippen molar-refractivity contribution in [2.45, 2.75) is 45.3 Å². The number of methoxy groups -OCH3 is 2. The molecule has 0 aliphatic carbocycles. The van der Waals surface area contributed by atoms with Crippen molar-refractivity contribution in [2.75, 3.05) is 20.8 Å². The van der Waals surface area contributed by atoms with Gasteiger partial charge in [-0.15, -0.1) is 5.10 Å². The smallest absolute Gasteiger partial charge is 0.288 e. The van der Waals surface area contributed by atoms with Crippen molar-refractivity contribution in [3.05, 3.63) is 23.0 Å². The zero-order valence-electron chi connectivity index (χ0n) is 15.0. The summed E-state index contributed by atoms with van der Waals surface area (Å²) in [5.41, 5.74) is 0.763. The van der Waals surface area contributed by atoms with Gasteiger partial charge in [0.2, 0.25) is 0 Å². The molecule has 0 unspecified atom stereocenters. The Balaban J connectivity index is 1.86. The molecule has 2 heterocycles. The normalized spacial score (nSPS) is 18.3. The predicted molar refractivity (Wildman–Crippen MR) is 98.5 cm³/mol. The molecule has 1 aliphatic heterocycles. The van der Waals surface area contributed by atoms with Crippen LogP contribution in [0.4, 0.5) is 0 Å². The molecule has 2 aromatic rings. The molecular formula is C18H25N3O3S. The van der Waals surface area contributed by atoms with Crippen molar-refractivity contribution >= 4 is 12.2 Å². The van der Waals surface area contributed by atoms with Crippen LogP contribution in [-0.4, -0.2) is 41.5 Å². The van der Waals surface area contributed by atoms with Gasteiger partial charge in [-0.3, -0.25) is 4.90 Å². The third-order valence-electron chi connectivity index (χ3n) is 4.78. The standard InChI is InChI=1S/C18H25N3O3S/c1-4-13-7-5-6-10-20(13)12-21-18(25)24-17(19-21)15-9-8-14(22-2)11-16(15)23-3/h8-9,11,13H,4-7,10,12H2,1-3H3/t13-/m0/s1. The molecule has 0 radical (unpaired) electrons. The Hall–Kier alpha value is -1.86. The molecule has 6 nitrogen and oxygen atoms in total. The van der Waals surface area contributed by atoms with Crippen molar-refractivity contribution in [3.63, 3.8) is 0 Å². The molecule has 25 heavy (non-hydrogen) atoms. The Labute approximate surface area is 153 Å². The highest BCUT2D eigenvalue weighted by molar-refractivity contribution is 7.71. The molecule has 1 fully saturated rings. The van der Waals surface area contributed by atoms with Crippen LogP contribution in [0.5, 0.6) is 11.5 Å². The minimum Gasteiger partial charge on any atom is -0.497 e. The average molecular weight is 363 g/mol. The van der Waals surface area contributed by atoms with E-state index in [0.717, 1.165) is 24.3 Å². The molecule has 1 atom stereocenters. The fourth-order valence-corrected chi connectivity index (χ4v) is 3.54. The molecule has 1 aliphatic rings. The maximum Gasteiger partial charge on any atom is 0.288 e. The quantitative estimate of drug-likeness (QED) is 0.720. The molecule has 136 valence electrons. The number of hydrogen-bond acceptors (Lipinski definition) is 6. The summed E-state index contributed by atoms with van der Waals surface area (Å²) in [6, 6.07) is 6.13. The SMILES string of the molecule is CC[C@H]1CCCCN1Cn1nc(-c2ccc(OC)cc2OC)oc1=S. The first kappa shape index (κ1) is 17.9. The summed E-state index contributed by atoms with van der Waals surface area (Å²) in [6.07, 6.45) is 4.90. The van der Waals surface area contributed by atoms with E-state index in [-0.39, 0.29) is 0 Å². The Morgan fingerprint density at radius 3 is 2.84 bits per heavy atom. The molecular weight excluding hydrogens is 338 g/mol. The van der Waals surface area contributed by atoms with E-state index in [0.29, 0.717) is 29.2 Å². The third kappa shape index (κ3) is 3.88. The summed E-state index contributed by atoms with van der Waals surface area (Å²) >= 11 is 5.39. The lowest BCUT2D eigenvalue weighted by molar-refractivity contribution is 0.0994. The number of nitrogens with zero attached hydrogens (tertiary/aromatic N) is 3. The molecule has 1 aromatic heterocycles. The minimum absolute atomic E-state index is 0.383. The van der Waals surface area contributed by atoms with Crippen LogP contribution in [0.25, 0.3) is 11.5 Å². The number of piperidine rings is 1. The van der Waals surface area contributed by atoms with Gasteiger partial charge in [-0.2, -0.15) is 0 Å². The second-order valence-electron chi connectivity index (χ2n) is 6.25. The van der Waals surface area contributed by atoms with Gasteiger partial charge in [0.05, 0.1) is 26.5 Å². The molecule has 3 rings (SSSR count). The number of rotatable bonds is 6. The molecule has 0 bridgehead atoms. The molecule has 0 amide bonds. The van der Waals surface area contributed by atoms with Crippen LogP contribution in [0.15, 0.2) is 22.6 Å². The van der Waals surface area contributed by atoms with Crippen molar-refractivity contribution in [2.24, 2.45) is 0 Å². The van der Waals surface area contributed by atoms with E-state index in [1.54, 1.807) is 18.9 Å². The van der Waals surface area contributed by atoms with Crippen molar-refractivity contribution < 1.29 is 13.9 Å². The molecule has 1 aromatic carbocycles. The fraction of sp³-hybridized carbons (Fsp3) is 0.556. The van der Waals surface area contributed by atoms with Gasteiger partial charge in [0.25, 0.3) is 10.7 Å². The summed E-state index contributed by atoms with van der Waals surface area (Å²) in [6.45, 7) is 3.98. The van der Waals surface area contributed by atoms with E-state index < -0.39 is 0 Å². The van der Waals surface area contributed by atoms with Gasteiger partial charge < -0.3 is 13.9 Å². The van der Waals surface area contributed by atoms with Gasteiger partial charge in [0.15, 0.2) is 0 Å². The summed E-state index contributed by atoms with van der Waals surface area (Å²) in [5, 5.41) is 4.59. The van der Waals surface area contributed by atoms with Gasteiger partial charge >= 0.3 is 0 Å². The van der Waals surface area contributed by atoms with Crippen LogP contribution in [0, 0.1) is 4.84 Å². The highest BCUT2D eigenvalue weighted by Crippen LogP contribution is 2.32. The van der Waals surface area contributed by atoms with Crippen LogP contribution < -0.4 is 9.47 Å². The summed E-state index contributed by atoms with van der Waals surface area (Å²) < 4.78 is 18.2. The molecule has 0 N–H and O–H groups in total. The van der Waals surface area contributed by atoms with E-state index in [1.807, 2.05) is 18.2 Å². The zero-order chi connectivity index (χ0) is 17.8. The lowest BCUT2D eigenvalue weighted by atomic mass is 10.0. The van der Waals surface area contributed by atoms with Crippen LogP contribution in [0.3, 0.4) is 0 Å². The Kier molecular flexibility index (Phi) is 5.75. The maximum absolute atomic E-state index is 5.75. The first-order valence-corrected chi connectivity index (χ1v) is 9.11. The monoisotopic (exact) mass is 363 g/mol. The van der Waals surface area contributed by atoms with Crippen LogP contribution in [-0.2, 0) is 6.67 Å². The fourth-order valence-electron chi connectivity index (χ4n) is 3.36. The second kappa shape index (κ2) is 8.01. The van der Waals surface area contributed by atoms with Gasteiger partial charge in [0.1, 0.15) is 11.5 Å². The predicted octanol–water partition coefficient (Wildman–Crippen LogP) is 4.11. The molecule has 1 saturated heterocycles. The molecule has 7 heteroatoms. The lowest BCUT2D eigenvalue weighted by Gasteiger charge is -2.34.